The van der Waals surface area contributed by atoms with Gasteiger partial charge in [0, 0.05) is 74.5 Å². The number of hydrogen-bond acceptors (Lipinski definition) is 4. The molecule has 73 heavy (non-hydrogen) atoms. The van der Waals surface area contributed by atoms with Crippen molar-refractivity contribution in [1.82, 2.24) is 18.7 Å². The summed E-state index contributed by atoms with van der Waals surface area (Å²) in [4.78, 5) is 10.2. The van der Waals surface area contributed by atoms with E-state index in [9.17, 15) is 0 Å². The number of pyridine rings is 1. The van der Waals surface area contributed by atoms with Crippen LogP contribution in [0.3, 0.4) is 0 Å². The van der Waals surface area contributed by atoms with Crippen molar-refractivity contribution < 1.29 is 4.74 Å². The lowest BCUT2D eigenvalue weighted by Crippen LogP contribution is -2.23. The van der Waals surface area contributed by atoms with Gasteiger partial charge < -0.3 is 23.7 Å². The van der Waals surface area contributed by atoms with E-state index in [1.54, 1.807) is 0 Å². The highest BCUT2D eigenvalue weighted by molar-refractivity contribution is 6.13. The first-order valence-corrected chi connectivity index (χ1v) is 25.2. The van der Waals surface area contributed by atoms with Crippen molar-refractivity contribution in [2.45, 2.75) is 27.2 Å². The molecule has 9 aromatic carbocycles. The number of fused-ring (bicyclic) bond motifs is 10. The summed E-state index contributed by atoms with van der Waals surface area (Å²) in [5.41, 5.74) is 15.9. The molecule has 4 aromatic heterocycles. The maximum atomic E-state index is 6.80. The van der Waals surface area contributed by atoms with Gasteiger partial charge in [-0.1, -0.05) is 136 Å². The molecule has 0 N–H and O–H groups in total. The van der Waals surface area contributed by atoms with E-state index >= 15 is 0 Å². The van der Waals surface area contributed by atoms with E-state index in [-0.39, 0.29) is 5.41 Å². The molecule has 0 bridgehead atoms. The SMILES string of the molecule is CN1CN(c2cccc(Oc3ccc4c5ccccc5n(-c5cc(CC(C)(C)C)c(-c6c(-n7c8ccccc8c8ccccc87)cccc6-n6c7ccccc7c7ccccc76)cn5)c4c3)c2)c2ccccc21. The molecule has 0 saturated carbocycles. The predicted molar refractivity (Wildman–Crippen MR) is 304 cm³/mol. The molecule has 352 valence electrons. The Morgan fingerprint density at radius 1 is 0.438 bits per heavy atom. The minimum absolute atomic E-state index is 0.0644. The van der Waals surface area contributed by atoms with Gasteiger partial charge in [-0.2, -0.15) is 0 Å². The summed E-state index contributed by atoms with van der Waals surface area (Å²) >= 11 is 0. The van der Waals surface area contributed by atoms with Crippen molar-refractivity contribution in [2.24, 2.45) is 5.41 Å². The zero-order valence-electron chi connectivity index (χ0n) is 41.3. The van der Waals surface area contributed by atoms with Crippen molar-refractivity contribution in [3.05, 3.63) is 224 Å². The summed E-state index contributed by atoms with van der Waals surface area (Å²) < 4.78 is 14.1. The standard InChI is InChI=1S/C66H52N6O/c1-66(2,3)40-43-37-64(72-58-30-14-9-25-51(58)52-36-35-46(39-63(52)72)73-45-20-17-19-44(38-45)69-42-68(4)59-31-15-16-32-60(59)69)67-41-53(43)65-61(70-54-26-10-5-21-47(54)48-22-6-11-27-55(48)70)33-18-34-62(65)71-56-28-12-7-23-49(56)50-24-8-13-29-57(50)71/h5-39,41H,40,42H2,1-4H3. The molecule has 0 spiro atoms. The molecule has 5 heterocycles. The minimum atomic E-state index is -0.0644. The van der Waals surface area contributed by atoms with Crippen LogP contribution in [0.1, 0.15) is 26.3 Å². The van der Waals surface area contributed by atoms with Crippen LogP contribution in [0.4, 0.5) is 17.1 Å². The fraction of sp³-hybridized carbons (Fsp3) is 0.106. The Hall–Kier alpha value is -9.07. The topological polar surface area (TPSA) is 43.4 Å². The van der Waals surface area contributed by atoms with Crippen molar-refractivity contribution >= 4 is 82.5 Å². The first-order chi connectivity index (χ1) is 35.8. The van der Waals surface area contributed by atoms with Crippen LogP contribution in [0.25, 0.3) is 93.7 Å². The van der Waals surface area contributed by atoms with E-state index in [1.165, 1.54) is 38.5 Å². The van der Waals surface area contributed by atoms with Crippen LogP contribution < -0.4 is 14.5 Å². The van der Waals surface area contributed by atoms with Gasteiger partial charge in [0.15, 0.2) is 0 Å². The third-order valence-corrected chi connectivity index (χ3v) is 14.8. The normalized spacial score (nSPS) is 12.9. The van der Waals surface area contributed by atoms with E-state index in [0.717, 1.165) is 102 Å². The van der Waals surface area contributed by atoms with Gasteiger partial charge in [-0.3, -0.25) is 4.57 Å². The lowest BCUT2D eigenvalue weighted by atomic mass is 9.84. The molecule has 1 aliphatic rings. The Morgan fingerprint density at radius 3 is 1.47 bits per heavy atom. The van der Waals surface area contributed by atoms with Crippen LogP contribution >= 0.6 is 0 Å². The Bertz CT molecular complexity index is 4100. The third-order valence-electron chi connectivity index (χ3n) is 14.8. The monoisotopic (exact) mass is 944 g/mol. The summed E-state index contributed by atoms with van der Waals surface area (Å²) in [7, 11) is 2.14. The summed E-state index contributed by atoms with van der Waals surface area (Å²) in [5.74, 6) is 2.40. The van der Waals surface area contributed by atoms with E-state index < -0.39 is 0 Å². The molecule has 0 fully saturated rings. The molecular weight excluding hydrogens is 893 g/mol. The van der Waals surface area contributed by atoms with Gasteiger partial charge in [0.05, 0.1) is 62.5 Å². The van der Waals surface area contributed by atoms with Gasteiger partial charge in [0.25, 0.3) is 0 Å². The Kier molecular flexibility index (Phi) is 9.67. The van der Waals surface area contributed by atoms with Gasteiger partial charge in [-0.25, -0.2) is 4.98 Å². The van der Waals surface area contributed by atoms with Crippen LogP contribution in [0.2, 0.25) is 0 Å². The molecule has 7 nitrogen and oxygen atoms in total. The fourth-order valence-corrected chi connectivity index (χ4v) is 11.8. The van der Waals surface area contributed by atoms with Crippen LogP contribution in [0.5, 0.6) is 11.5 Å². The second-order valence-corrected chi connectivity index (χ2v) is 20.7. The van der Waals surface area contributed by atoms with Crippen LogP contribution in [-0.2, 0) is 6.42 Å². The van der Waals surface area contributed by atoms with Crippen molar-refractivity contribution in [2.75, 3.05) is 23.5 Å². The second kappa shape index (κ2) is 16.5. The summed E-state index contributed by atoms with van der Waals surface area (Å²) in [5, 5.41) is 7.20. The van der Waals surface area contributed by atoms with Gasteiger partial charge in [0.2, 0.25) is 0 Å². The largest absolute Gasteiger partial charge is 0.457 e. The van der Waals surface area contributed by atoms with E-state index in [0.29, 0.717) is 0 Å². The number of nitrogens with zero attached hydrogens (tertiary/aromatic N) is 6. The lowest BCUT2D eigenvalue weighted by Gasteiger charge is -2.25. The number of benzene rings is 9. The number of rotatable bonds is 8. The van der Waals surface area contributed by atoms with E-state index in [2.05, 4.69) is 264 Å². The number of aromatic nitrogens is 4. The molecule has 0 radical (unpaired) electrons. The van der Waals surface area contributed by atoms with Crippen LogP contribution in [0, 0.1) is 5.41 Å². The zero-order chi connectivity index (χ0) is 49.0. The van der Waals surface area contributed by atoms with Gasteiger partial charge >= 0.3 is 0 Å². The third kappa shape index (κ3) is 6.91. The van der Waals surface area contributed by atoms with Crippen LogP contribution in [0.15, 0.2) is 219 Å². The number of hydrogen-bond donors (Lipinski definition) is 0. The average molecular weight is 945 g/mol. The summed E-state index contributed by atoms with van der Waals surface area (Å²) in [6.07, 6.45) is 2.96. The highest BCUT2D eigenvalue weighted by atomic mass is 16.5. The quantitative estimate of drug-likeness (QED) is 0.152. The van der Waals surface area contributed by atoms with Gasteiger partial charge in [-0.15, -0.1) is 0 Å². The van der Waals surface area contributed by atoms with Crippen LogP contribution in [-0.4, -0.2) is 32.4 Å². The Balaban J connectivity index is 0.979. The summed E-state index contributed by atoms with van der Waals surface area (Å²) in [6, 6.07) is 76.5. The zero-order valence-corrected chi connectivity index (χ0v) is 41.3. The lowest BCUT2D eigenvalue weighted by molar-refractivity contribution is 0.411. The van der Waals surface area contributed by atoms with Crippen molar-refractivity contribution in [1.29, 1.82) is 0 Å². The Labute approximate surface area is 424 Å². The smallest absolute Gasteiger partial charge is 0.137 e. The molecule has 1 aliphatic heterocycles. The molecule has 0 atom stereocenters. The molecule has 0 unspecified atom stereocenters. The molecule has 7 heteroatoms. The maximum absolute atomic E-state index is 6.80. The number of anilines is 3. The van der Waals surface area contributed by atoms with Crippen molar-refractivity contribution in [3.8, 4) is 39.8 Å². The van der Waals surface area contributed by atoms with Gasteiger partial charge in [-0.05, 0) is 102 Å². The maximum Gasteiger partial charge on any atom is 0.137 e. The molecule has 0 saturated heterocycles. The van der Waals surface area contributed by atoms with Crippen molar-refractivity contribution in [3.63, 3.8) is 0 Å². The average Bonchev–Trinajstić information content (AvgIpc) is 4.14. The number of ether oxygens (including phenoxy) is 1. The van der Waals surface area contributed by atoms with E-state index in [4.69, 9.17) is 9.72 Å². The molecule has 0 aliphatic carbocycles. The highest BCUT2D eigenvalue weighted by Crippen LogP contribution is 2.46. The predicted octanol–water partition coefficient (Wildman–Crippen LogP) is 17.0. The molecule has 13 aromatic rings. The first kappa shape index (κ1) is 42.8. The minimum Gasteiger partial charge on any atom is -0.457 e. The molecule has 14 rings (SSSR count). The summed E-state index contributed by atoms with van der Waals surface area (Å²) in [6.45, 7) is 7.78. The highest BCUT2D eigenvalue weighted by Gasteiger charge is 2.27. The van der Waals surface area contributed by atoms with Gasteiger partial charge in [0.1, 0.15) is 17.3 Å². The van der Waals surface area contributed by atoms with E-state index in [1.807, 2.05) is 6.07 Å². The Morgan fingerprint density at radius 2 is 0.904 bits per heavy atom. The molecular formula is C66H52N6O. The number of para-hydroxylation sites is 7. The fourth-order valence-electron chi connectivity index (χ4n) is 11.8. The second-order valence-electron chi connectivity index (χ2n) is 20.7. The first-order valence-electron chi connectivity index (χ1n) is 25.2. The molecule has 0 amide bonds.